The first-order valence-corrected chi connectivity index (χ1v) is 7.68. The van der Waals surface area contributed by atoms with E-state index in [4.69, 9.17) is 4.74 Å². The number of hydrogen-bond donors (Lipinski definition) is 1. The molecule has 2 fully saturated rings. The van der Waals surface area contributed by atoms with Gasteiger partial charge in [-0.25, -0.2) is 9.97 Å². The predicted octanol–water partition coefficient (Wildman–Crippen LogP) is 1.10. The molecule has 0 unspecified atom stereocenters. The normalized spacial score (nSPS) is 26.1. The van der Waals surface area contributed by atoms with Crippen LogP contribution in [0.5, 0.6) is 0 Å². The SMILES string of the molecule is O=C(Nc1cccnc1)[C@H]1C[C@H]2CN(c3ncccn3)C[C@H]1O2. The molecule has 2 saturated heterocycles. The van der Waals surface area contributed by atoms with Crippen LogP contribution in [0.3, 0.4) is 0 Å². The highest BCUT2D eigenvalue weighted by atomic mass is 16.5. The molecule has 0 aromatic carbocycles. The fraction of sp³-hybridized carbons (Fsp3) is 0.375. The van der Waals surface area contributed by atoms with Gasteiger partial charge in [0.1, 0.15) is 0 Å². The number of aromatic nitrogens is 3. The molecule has 2 bridgehead atoms. The van der Waals surface area contributed by atoms with E-state index in [2.05, 4.69) is 25.2 Å². The molecule has 7 nitrogen and oxygen atoms in total. The number of amides is 1. The number of fused-ring (bicyclic) bond motifs is 2. The number of carbonyl (C=O) groups excluding carboxylic acids is 1. The Morgan fingerprint density at radius 1 is 1.22 bits per heavy atom. The lowest BCUT2D eigenvalue weighted by Gasteiger charge is -2.32. The van der Waals surface area contributed by atoms with Crippen LogP contribution in [0.2, 0.25) is 0 Å². The van der Waals surface area contributed by atoms with Gasteiger partial charge in [0, 0.05) is 31.7 Å². The smallest absolute Gasteiger partial charge is 0.230 e. The van der Waals surface area contributed by atoms with Gasteiger partial charge in [-0.3, -0.25) is 9.78 Å². The number of nitrogens with one attached hydrogen (secondary N) is 1. The Kier molecular flexibility index (Phi) is 3.63. The highest BCUT2D eigenvalue weighted by molar-refractivity contribution is 5.93. The lowest BCUT2D eigenvalue weighted by atomic mass is 9.99. The first kappa shape index (κ1) is 14.1. The fourth-order valence-electron chi connectivity index (χ4n) is 3.22. The summed E-state index contributed by atoms with van der Waals surface area (Å²) >= 11 is 0. The van der Waals surface area contributed by atoms with Crippen molar-refractivity contribution in [1.82, 2.24) is 15.0 Å². The van der Waals surface area contributed by atoms with Crippen LogP contribution < -0.4 is 10.2 Å². The van der Waals surface area contributed by atoms with Gasteiger partial charge >= 0.3 is 0 Å². The molecular formula is C16H17N5O2. The van der Waals surface area contributed by atoms with Gasteiger partial charge < -0.3 is 15.0 Å². The van der Waals surface area contributed by atoms with Gasteiger partial charge in [-0.15, -0.1) is 0 Å². The molecule has 23 heavy (non-hydrogen) atoms. The van der Waals surface area contributed by atoms with Gasteiger partial charge in [-0.1, -0.05) is 0 Å². The summed E-state index contributed by atoms with van der Waals surface area (Å²) in [7, 11) is 0. The van der Waals surface area contributed by atoms with E-state index in [1.807, 2.05) is 6.07 Å². The zero-order chi connectivity index (χ0) is 15.6. The summed E-state index contributed by atoms with van der Waals surface area (Å²) in [5, 5.41) is 2.92. The summed E-state index contributed by atoms with van der Waals surface area (Å²) in [4.78, 5) is 27.2. The molecule has 4 rings (SSSR count). The third-order valence-electron chi connectivity index (χ3n) is 4.26. The maximum absolute atomic E-state index is 12.5. The van der Waals surface area contributed by atoms with Crippen molar-refractivity contribution in [2.24, 2.45) is 5.92 Å². The van der Waals surface area contributed by atoms with Gasteiger partial charge in [0.25, 0.3) is 0 Å². The van der Waals surface area contributed by atoms with Crippen molar-refractivity contribution in [2.75, 3.05) is 23.3 Å². The van der Waals surface area contributed by atoms with E-state index in [9.17, 15) is 4.79 Å². The second-order valence-electron chi connectivity index (χ2n) is 5.82. The molecule has 1 amide bonds. The average Bonchev–Trinajstić information content (AvgIpc) is 2.90. The van der Waals surface area contributed by atoms with Crippen molar-refractivity contribution >= 4 is 17.5 Å². The standard InChI is InChI=1S/C16H17N5O2/c22-15(20-11-3-1-4-17-8-11)13-7-12-9-21(10-14(13)23-12)16-18-5-2-6-19-16/h1-6,8,12-14H,7,9-10H2,(H,20,22)/t12-,13-,14+/m0/s1. The summed E-state index contributed by atoms with van der Waals surface area (Å²) in [6.45, 7) is 1.35. The Hall–Kier alpha value is -2.54. The van der Waals surface area contributed by atoms with Crippen molar-refractivity contribution < 1.29 is 9.53 Å². The minimum Gasteiger partial charge on any atom is -0.370 e. The maximum Gasteiger partial charge on any atom is 0.230 e. The van der Waals surface area contributed by atoms with E-state index in [1.54, 1.807) is 36.9 Å². The quantitative estimate of drug-likeness (QED) is 0.914. The van der Waals surface area contributed by atoms with E-state index in [1.165, 1.54) is 0 Å². The van der Waals surface area contributed by atoms with Gasteiger partial charge in [0.05, 0.1) is 30.0 Å². The third kappa shape index (κ3) is 2.87. The maximum atomic E-state index is 12.5. The molecule has 118 valence electrons. The van der Waals surface area contributed by atoms with Crippen LogP contribution in [0.15, 0.2) is 43.0 Å². The number of pyridine rings is 1. The highest BCUT2D eigenvalue weighted by Crippen LogP contribution is 2.33. The first-order chi connectivity index (χ1) is 11.3. The zero-order valence-corrected chi connectivity index (χ0v) is 12.5. The van der Waals surface area contributed by atoms with Crippen molar-refractivity contribution in [3.05, 3.63) is 43.0 Å². The van der Waals surface area contributed by atoms with E-state index < -0.39 is 0 Å². The lowest BCUT2D eigenvalue weighted by molar-refractivity contribution is -0.121. The van der Waals surface area contributed by atoms with Crippen LogP contribution in [0.1, 0.15) is 6.42 Å². The minimum atomic E-state index is -0.158. The van der Waals surface area contributed by atoms with Crippen LogP contribution in [0.25, 0.3) is 0 Å². The summed E-state index contributed by atoms with van der Waals surface area (Å²) in [6, 6.07) is 5.42. The molecule has 3 atom stereocenters. The Bertz CT molecular complexity index is 681. The number of nitrogens with zero attached hydrogens (tertiary/aromatic N) is 4. The summed E-state index contributed by atoms with van der Waals surface area (Å²) in [5.41, 5.74) is 0.710. The summed E-state index contributed by atoms with van der Waals surface area (Å²) in [6.07, 6.45) is 7.42. The summed E-state index contributed by atoms with van der Waals surface area (Å²) in [5.74, 6) is 0.523. The molecule has 2 aliphatic rings. The van der Waals surface area contributed by atoms with Gasteiger partial charge in [-0.05, 0) is 24.6 Å². The van der Waals surface area contributed by atoms with Crippen molar-refractivity contribution in [3.8, 4) is 0 Å². The van der Waals surface area contributed by atoms with Gasteiger partial charge in [0.2, 0.25) is 11.9 Å². The van der Waals surface area contributed by atoms with Crippen LogP contribution >= 0.6 is 0 Å². The lowest BCUT2D eigenvalue weighted by Crippen LogP contribution is -2.45. The Morgan fingerprint density at radius 3 is 2.87 bits per heavy atom. The zero-order valence-electron chi connectivity index (χ0n) is 12.5. The van der Waals surface area contributed by atoms with Crippen LogP contribution in [0.4, 0.5) is 11.6 Å². The molecular weight excluding hydrogens is 294 g/mol. The molecule has 2 aromatic heterocycles. The molecule has 2 aromatic rings. The third-order valence-corrected chi connectivity index (χ3v) is 4.26. The Labute approximate surface area is 133 Å². The van der Waals surface area contributed by atoms with E-state index in [0.717, 1.165) is 13.0 Å². The van der Waals surface area contributed by atoms with Crippen molar-refractivity contribution in [2.45, 2.75) is 18.6 Å². The number of morpholine rings is 1. The molecule has 0 aliphatic carbocycles. The van der Waals surface area contributed by atoms with E-state index in [0.29, 0.717) is 18.2 Å². The Balaban J connectivity index is 1.45. The molecule has 0 saturated carbocycles. The van der Waals surface area contributed by atoms with Crippen molar-refractivity contribution in [1.29, 1.82) is 0 Å². The highest BCUT2D eigenvalue weighted by Gasteiger charge is 2.45. The molecule has 0 radical (unpaired) electrons. The first-order valence-electron chi connectivity index (χ1n) is 7.68. The predicted molar refractivity (Wildman–Crippen MR) is 83.9 cm³/mol. The monoisotopic (exact) mass is 311 g/mol. The second kappa shape index (κ2) is 5.92. The topological polar surface area (TPSA) is 80.2 Å². The van der Waals surface area contributed by atoms with Crippen LogP contribution in [-0.4, -0.2) is 46.2 Å². The van der Waals surface area contributed by atoms with Crippen LogP contribution in [0, 0.1) is 5.92 Å². The molecule has 1 N–H and O–H groups in total. The Morgan fingerprint density at radius 2 is 2.09 bits per heavy atom. The van der Waals surface area contributed by atoms with Gasteiger partial charge in [0.15, 0.2) is 0 Å². The van der Waals surface area contributed by atoms with Crippen LogP contribution in [-0.2, 0) is 9.53 Å². The molecule has 4 heterocycles. The second-order valence-corrected chi connectivity index (χ2v) is 5.82. The number of carbonyl (C=O) groups is 1. The van der Waals surface area contributed by atoms with E-state index >= 15 is 0 Å². The minimum absolute atomic E-state index is 0.0127. The molecule has 2 aliphatic heterocycles. The molecule has 0 spiro atoms. The van der Waals surface area contributed by atoms with E-state index in [-0.39, 0.29) is 24.0 Å². The average molecular weight is 311 g/mol. The number of ether oxygens (including phenoxy) is 1. The van der Waals surface area contributed by atoms with Crippen molar-refractivity contribution in [3.63, 3.8) is 0 Å². The molecule has 7 heteroatoms. The largest absolute Gasteiger partial charge is 0.370 e. The number of anilines is 2. The van der Waals surface area contributed by atoms with Gasteiger partial charge in [-0.2, -0.15) is 0 Å². The summed E-state index contributed by atoms with van der Waals surface area (Å²) < 4.78 is 5.95. The fourth-order valence-corrected chi connectivity index (χ4v) is 3.22. The number of hydrogen-bond acceptors (Lipinski definition) is 6. The number of rotatable bonds is 3.